The van der Waals surface area contributed by atoms with Crippen LogP contribution in [0.25, 0.3) is 11.1 Å². The lowest BCUT2D eigenvalue weighted by atomic mass is 9.98. The van der Waals surface area contributed by atoms with Crippen LogP contribution in [0.4, 0.5) is 4.39 Å². The van der Waals surface area contributed by atoms with Crippen molar-refractivity contribution in [2.75, 3.05) is 6.54 Å². The molecule has 0 aromatic heterocycles. The fraction of sp³-hybridized carbons (Fsp3) is 0.294. The Balaban J connectivity index is 2.25. The zero-order valence-corrected chi connectivity index (χ0v) is 12.6. The maximum absolute atomic E-state index is 13.4. The van der Waals surface area contributed by atoms with Crippen LogP contribution in [-0.2, 0) is 6.54 Å². The van der Waals surface area contributed by atoms with Gasteiger partial charge in [-0.25, -0.2) is 4.39 Å². The highest BCUT2D eigenvalue weighted by molar-refractivity contribution is 6.30. The average molecular weight is 292 g/mol. The van der Waals surface area contributed by atoms with Gasteiger partial charge in [-0.3, -0.25) is 0 Å². The lowest BCUT2D eigenvalue weighted by Gasteiger charge is -2.10. The van der Waals surface area contributed by atoms with Gasteiger partial charge in [0.2, 0.25) is 0 Å². The number of halogens is 2. The first-order chi connectivity index (χ1) is 9.60. The molecule has 0 radical (unpaired) electrons. The van der Waals surface area contributed by atoms with E-state index in [9.17, 15) is 4.39 Å². The first kappa shape index (κ1) is 15.0. The minimum Gasteiger partial charge on any atom is -0.313 e. The van der Waals surface area contributed by atoms with Crippen LogP contribution in [0.5, 0.6) is 0 Å². The molecule has 0 unspecified atom stereocenters. The number of aryl methyl sites for hydroxylation is 1. The smallest absolute Gasteiger partial charge is 0.125 e. The fourth-order valence-corrected chi connectivity index (χ4v) is 2.50. The summed E-state index contributed by atoms with van der Waals surface area (Å²) in [7, 11) is 0. The Morgan fingerprint density at radius 2 is 1.95 bits per heavy atom. The quantitative estimate of drug-likeness (QED) is 0.768. The maximum atomic E-state index is 13.4. The Labute approximate surface area is 124 Å². The van der Waals surface area contributed by atoms with Crippen molar-refractivity contribution in [3.8, 4) is 11.1 Å². The summed E-state index contributed by atoms with van der Waals surface area (Å²) < 4.78 is 13.4. The van der Waals surface area contributed by atoms with Crippen LogP contribution in [0.2, 0.25) is 5.02 Å². The van der Waals surface area contributed by atoms with E-state index in [1.807, 2.05) is 13.0 Å². The monoisotopic (exact) mass is 291 g/mol. The predicted octanol–water partition coefficient (Wildman–Crippen LogP) is 4.95. The molecule has 20 heavy (non-hydrogen) atoms. The predicted molar refractivity (Wildman–Crippen MR) is 83.6 cm³/mol. The van der Waals surface area contributed by atoms with Crippen LogP contribution in [0.1, 0.15) is 24.5 Å². The molecule has 2 rings (SSSR count). The highest BCUT2D eigenvalue weighted by atomic mass is 35.5. The Bertz CT molecular complexity index is 575. The van der Waals surface area contributed by atoms with Gasteiger partial charge in [-0.15, -0.1) is 0 Å². The Hall–Kier alpha value is -1.38. The molecule has 0 fully saturated rings. The van der Waals surface area contributed by atoms with Crippen LogP contribution in [0, 0.1) is 12.7 Å². The summed E-state index contributed by atoms with van der Waals surface area (Å²) in [6.45, 7) is 6.06. The molecule has 0 bridgehead atoms. The molecule has 0 heterocycles. The third kappa shape index (κ3) is 3.81. The minimum atomic E-state index is -0.305. The molecule has 0 aliphatic rings. The van der Waals surface area contributed by atoms with Crippen LogP contribution in [-0.4, -0.2) is 6.54 Å². The molecular weight excluding hydrogens is 273 g/mol. The maximum Gasteiger partial charge on any atom is 0.125 e. The molecular formula is C17H19ClFN. The van der Waals surface area contributed by atoms with Crippen molar-refractivity contribution in [3.63, 3.8) is 0 Å². The molecule has 0 amide bonds. The van der Waals surface area contributed by atoms with Crippen LogP contribution >= 0.6 is 11.6 Å². The summed E-state index contributed by atoms with van der Waals surface area (Å²) in [5.41, 5.74) is 4.20. The van der Waals surface area contributed by atoms with Gasteiger partial charge in [-0.1, -0.05) is 36.7 Å². The first-order valence-corrected chi connectivity index (χ1v) is 7.24. The third-order valence-corrected chi connectivity index (χ3v) is 3.44. The van der Waals surface area contributed by atoms with E-state index in [-0.39, 0.29) is 5.82 Å². The van der Waals surface area contributed by atoms with E-state index >= 15 is 0 Å². The van der Waals surface area contributed by atoms with Crippen molar-refractivity contribution in [3.05, 3.63) is 58.4 Å². The first-order valence-electron chi connectivity index (χ1n) is 6.87. The second-order valence-corrected chi connectivity index (χ2v) is 5.42. The normalized spacial score (nSPS) is 10.8. The van der Waals surface area contributed by atoms with Gasteiger partial charge in [0.05, 0.1) is 0 Å². The molecule has 0 atom stereocenters. The van der Waals surface area contributed by atoms with E-state index in [0.717, 1.165) is 36.2 Å². The van der Waals surface area contributed by atoms with Crippen molar-refractivity contribution in [2.24, 2.45) is 0 Å². The lowest BCUT2D eigenvalue weighted by molar-refractivity contribution is 0.628. The molecule has 2 aromatic carbocycles. The van der Waals surface area contributed by atoms with Gasteiger partial charge in [-0.2, -0.15) is 0 Å². The molecule has 0 aliphatic heterocycles. The number of benzene rings is 2. The molecule has 0 saturated carbocycles. The van der Waals surface area contributed by atoms with Crippen molar-refractivity contribution in [1.29, 1.82) is 0 Å². The zero-order chi connectivity index (χ0) is 14.5. The molecule has 0 aliphatic carbocycles. The number of rotatable bonds is 5. The summed E-state index contributed by atoms with van der Waals surface area (Å²) in [5, 5.41) is 3.80. The Morgan fingerprint density at radius 3 is 2.60 bits per heavy atom. The molecule has 106 valence electrons. The third-order valence-electron chi connectivity index (χ3n) is 3.22. The number of nitrogens with one attached hydrogen (secondary N) is 1. The van der Waals surface area contributed by atoms with E-state index in [2.05, 4.69) is 24.4 Å². The van der Waals surface area contributed by atoms with Gasteiger partial charge in [0.25, 0.3) is 0 Å². The van der Waals surface area contributed by atoms with Gasteiger partial charge >= 0.3 is 0 Å². The summed E-state index contributed by atoms with van der Waals surface area (Å²) >= 11 is 5.92. The van der Waals surface area contributed by atoms with E-state index < -0.39 is 0 Å². The van der Waals surface area contributed by atoms with Gasteiger partial charge < -0.3 is 5.32 Å². The minimum absolute atomic E-state index is 0.305. The van der Waals surface area contributed by atoms with Gasteiger partial charge in [0.15, 0.2) is 0 Å². The summed E-state index contributed by atoms with van der Waals surface area (Å²) in [6, 6.07) is 10.9. The van der Waals surface area contributed by atoms with Gasteiger partial charge in [0, 0.05) is 11.6 Å². The summed E-state index contributed by atoms with van der Waals surface area (Å²) in [4.78, 5) is 0. The molecule has 1 N–H and O–H groups in total. The van der Waals surface area contributed by atoms with Gasteiger partial charge in [-0.05, 0) is 60.3 Å². The van der Waals surface area contributed by atoms with Crippen molar-refractivity contribution >= 4 is 11.6 Å². The number of hydrogen-bond donors (Lipinski definition) is 1. The number of hydrogen-bond acceptors (Lipinski definition) is 1. The topological polar surface area (TPSA) is 12.0 Å². The van der Waals surface area contributed by atoms with E-state index in [1.54, 1.807) is 6.07 Å². The fourth-order valence-electron chi connectivity index (χ4n) is 2.28. The molecule has 3 heteroatoms. The van der Waals surface area contributed by atoms with Crippen molar-refractivity contribution in [1.82, 2.24) is 5.32 Å². The van der Waals surface area contributed by atoms with Crippen LogP contribution in [0.3, 0.4) is 0 Å². The summed E-state index contributed by atoms with van der Waals surface area (Å²) in [6.07, 6.45) is 1.12. The second-order valence-electron chi connectivity index (χ2n) is 4.98. The zero-order valence-electron chi connectivity index (χ0n) is 11.8. The molecule has 0 saturated heterocycles. The van der Waals surface area contributed by atoms with Gasteiger partial charge in [0.1, 0.15) is 5.82 Å². The lowest BCUT2D eigenvalue weighted by Crippen LogP contribution is -2.13. The SMILES string of the molecule is CCCNCc1ccc(-c2cc(F)cc(Cl)c2)c(C)c1. The summed E-state index contributed by atoms with van der Waals surface area (Å²) in [5.74, 6) is -0.305. The van der Waals surface area contributed by atoms with E-state index in [0.29, 0.717) is 5.02 Å². The highest BCUT2D eigenvalue weighted by Gasteiger charge is 2.06. The largest absolute Gasteiger partial charge is 0.313 e. The second kappa shape index (κ2) is 6.87. The van der Waals surface area contributed by atoms with E-state index in [1.165, 1.54) is 17.7 Å². The molecule has 0 spiro atoms. The Kier molecular flexibility index (Phi) is 5.16. The molecule has 1 nitrogen and oxygen atoms in total. The van der Waals surface area contributed by atoms with E-state index in [4.69, 9.17) is 11.6 Å². The average Bonchev–Trinajstić information content (AvgIpc) is 2.38. The Morgan fingerprint density at radius 1 is 1.15 bits per heavy atom. The van der Waals surface area contributed by atoms with Crippen LogP contribution < -0.4 is 5.32 Å². The van der Waals surface area contributed by atoms with Crippen molar-refractivity contribution in [2.45, 2.75) is 26.8 Å². The van der Waals surface area contributed by atoms with Crippen molar-refractivity contribution < 1.29 is 4.39 Å². The highest BCUT2D eigenvalue weighted by Crippen LogP contribution is 2.27. The standard InChI is InChI=1S/C17H19ClFN/c1-3-6-20-11-13-4-5-17(12(2)7-13)14-8-15(18)10-16(19)9-14/h4-5,7-10,20H,3,6,11H2,1-2H3. The molecule has 2 aromatic rings. The van der Waals surface area contributed by atoms with Crippen LogP contribution in [0.15, 0.2) is 36.4 Å².